The van der Waals surface area contributed by atoms with E-state index in [0.717, 1.165) is 28.5 Å². The van der Waals surface area contributed by atoms with E-state index in [1.807, 2.05) is 18.2 Å². The largest absolute Gasteiger partial charge is 0.394 e. The van der Waals surface area contributed by atoms with Crippen LogP contribution in [-0.2, 0) is 95.0 Å². The number of hydrogen-bond donors (Lipinski definition) is 22. The molecule has 0 radical (unpaired) electrons. The Balaban J connectivity index is 0.912. The number of carbonyl (C=O) groups is 4. The summed E-state index contributed by atoms with van der Waals surface area (Å²) in [6.45, 7) is -3.37. The van der Waals surface area contributed by atoms with Crippen LogP contribution in [0.15, 0.2) is 58.8 Å². The third kappa shape index (κ3) is 27.5. The normalized spacial score (nSPS) is 39.4. The predicted octanol–water partition coefficient (Wildman–Crippen LogP) is -9.28. The lowest BCUT2D eigenvalue weighted by Crippen LogP contribution is -2.68. The lowest BCUT2D eigenvalue weighted by molar-refractivity contribution is -0.395. The van der Waals surface area contributed by atoms with E-state index in [1.54, 1.807) is 30.6 Å². The molecule has 0 aliphatic carbocycles. The maximum atomic E-state index is 14.2. The molecule has 21 aliphatic rings. The number of hydrogen-bond acceptors (Lipinski definition) is 48. The summed E-state index contributed by atoms with van der Waals surface area (Å²) in [5.41, 5.74) is 0. The van der Waals surface area contributed by atoms with Crippen LogP contribution in [0.3, 0.4) is 0 Å². The van der Waals surface area contributed by atoms with Crippen molar-refractivity contribution >= 4 is 90.1 Å². The summed E-state index contributed by atoms with van der Waals surface area (Å²) in [7, 11) is 7.12. The maximum absolute atomic E-state index is 14.2. The van der Waals surface area contributed by atoms with Gasteiger partial charge in [-0.25, -0.2) is 9.97 Å². The number of pyridine rings is 2. The standard InChI is InChI=1S/C73H113N5O39S6/c1-31(84)9-15-102-17-18-103-16-10-33(85)21-32(65(100)77-13-19-120-122-42-7-3-5-11-75-42)27-118-29-40-63-49(91)56(98)72(109-40)114-61-38(25-82)105-69(52(94)45(61)87)113-60-37(24-81)108-71(55(97)48(60)90)117-64-41(30-119-28-34(74-2)66(101)78-14-20-121-123-43-8-4-6-12-76-43)110-73(57(99)50(64)92)115-62-39(26-83)106-68(53(95)46(62)88)111-58-35(22-79)104-67(51(93)44(58)86)112-59-36(23-80)107-70(116-63)54(96)47(59)89/h3-8,11-12,32,34-41,44-64,67-74,79-83,86-99H,9-10,13-30H2,1-2H3,(H,77,100)(H,78,101)/t32?,34-,35?,36?,37?,38?,39?,40?,41?,44-,45-,46-,47-,48-,49-,50-,51?,52?,53?,54?,55?,56?,57?,58-,59-,60-,61-,62-,63+,64-,67-,68-,69+,70+,71+,72-,73+/m1/s1. The molecule has 123 heavy (non-hydrogen) atoms. The first-order valence-corrected chi connectivity index (χ1v) is 46.8. The SMILES string of the molecule is CN[C@H](CSCC1O[C@H]2O[C@@H]3C(CO)O[C@H](O[C@@H]4C(CO)O[C@H](O[C@@H]5C(CO)O[C@@H](O[C@H]6C(CSCC(CC(=O)CCOCCOCCC(C)=O)C(=O)NCCSSc7ccccn7)O[C@H](O[C@@H]7C(CO)O[C@@H](O[C@@H]8C(CO)O[C@@H](O[C@H]1[C@H](O)C2O)C(O)[C@H]8O)C(O)[C@H]7O)C(O)[C@H]6O)C(O)[C@H]5O)C(O)[C@H]4O)C(O)[C@H]3O)C(=O)NCCSSc1ccccn1. The molecule has 44 nitrogen and oxygen atoms in total. The molecule has 14 bridgehead atoms. The number of aliphatic hydroxyl groups is 19. The van der Waals surface area contributed by atoms with Crippen molar-refractivity contribution in [3.63, 3.8) is 0 Å². The maximum Gasteiger partial charge on any atom is 0.238 e. The highest BCUT2D eigenvalue weighted by Gasteiger charge is 2.60. The van der Waals surface area contributed by atoms with Gasteiger partial charge in [0.1, 0.15) is 180 Å². The first-order chi connectivity index (χ1) is 59.1. The monoisotopic (exact) mass is 1880 g/mol. The summed E-state index contributed by atoms with van der Waals surface area (Å²) in [5, 5.41) is 231. The van der Waals surface area contributed by atoms with Crippen LogP contribution < -0.4 is 16.0 Å². The molecule has 37 atom stereocenters. The van der Waals surface area contributed by atoms with Crippen LogP contribution in [0.1, 0.15) is 26.2 Å². The fourth-order valence-corrected chi connectivity index (χ4v) is 20.3. The Hall–Kier alpha value is -2.76. The second-order valence-corrected chi connectivity index (χ2v) is 36.8. The van der Waals surface area contributed by atoms with Gasteiger partial charge in [0.25, 0.3) is 0 Å². The topological polar surface area (TPSA) is 662 Å². The number of carbonyl (C=O) groups excluding carboxylic acids is 4. The lowest BCUT2D eigenvalue weighted by Gasteiger charge is -2.50. The zero-order valence-electron chi connectivity index (χ0n) is 66.6. The molecule has 15 unspecified atom stereocenters. The fraction of sp³-hybridized carbons (Fsp3) is 0.808. The van der Waals surface area contributed by atoms with Crippen molar-refractivity contribution in [3.05, 3.63) is 48.8 Å². The molecule has 2 aromatic rings. The average molecular weight is 1880 g/mol. The van der Waals surface area contributed by atoms with Crippen LogP contribution in [0.25, 0.3) is 0 Å². The zero-order valence-corrected chi connectivity index (χ0v) is 71.5. The molecular weight excluding hydrogens is 1760 g/mol. The van der Waals surface area contributed by atoms with Crippen LogP contribution in [0.4, 0.5) is 0 Å². The third-order valence-corrected chi connectivity index (χ3v) is 28.0. The van der Waals surface area contributed by atoms with E-state index in [1.165, 1.54) is 57.1 Å². The van der Waals surface area contributed by atoms with Crippen molar-refractivity contribution in [2.75, 3.05) is 114 Å². The van der Waals surface area contributed by atoms with Crippen molar-refractivity contribution < 1.29 is 192 Å². The van der Waals surface area contributed by atoms with Crippen LogP contribution in [0.2, 0.25) is 0 Å². The molecule has 50 heteroatoms. The molecule has 700 valence electrons. The van der Waals surface area contributed by atoms with E-state index in [2.05, 4.69) is 25.9 Å². The molecule has 21 aliphatic heterocycles. The number of likely N-dealkylation sites (N-methyl/N-ethyl adjacent to an activating group) is 1. The molecular formula is C73H113N5O39S6. The molecule has 2 aromatic heterocycles. The van der Waals surface area contributed by atoms with Crippen molar-refractivity contribution in [1.29, 1.82) is 0 Å². The predicted molar refractivity (Wildman–Crippen MR) is 428 cm³/mol. The molecule has 22 N–H and O–H groups in total. The number of aliphatic hydroxyl groups excluding tert-OH is 19. The van der Waals surface area contributed by atoms with Gasteiger partial charge in [0.2, 0.25) is 11.8 Å². The molecule has 0 aromatic carbocycles. The average Bonchev–Trinajstić information content (AvgIpc) is 0.886. The Bertz CT molecular complexity index is 3460. The Labute approximate surface area is 730 Å². The smallest absolute Gasteiger partial charge is 0.238 e. The molecule has 0 spiro atoms. The summed E-state index contributed by atoms with van der Waals surface area (Å²) < 4.78 is 95.5. The van der Waals surface area contributed by atoms with Gasteiger partial charge in [-0.3, -0.25) is 19.2 Å². The number of Topliss-reactive ketones (excluding diaryl/α,β-unsaturated/α-hetero) is 2. The van der Waals surface area contributed by atoms with Crippen molar-refractivity contribution in [3.8, 4) is 0 Å². The van der Waals surface area contributed by atoms with Crippen LogP contribution in [0, 0.1) is 5.92 Å². The number of thioether (sulfide) groups is 2. The van der Waals surface area contributed by atoms with E-state index in [-0.39, 0.29) is 81.8 Å². The van der Waals surface area contributed by atoms with Gasteiger partial charge in [0.05, 0.1) is 83.6 Å². The number of ether oxygens (including phenoxy) is 16. The number of nitrogens with one attached hydrogen (secondary N) is 3. The molecule has 23 rings (SSSR count). The van der Waals surface area contributed by atoms with Gasteiger partial charge in [0.15, 0.2) is 44.0 Å². The number of aromatic nitrogens is 2. The number of nitrogens with zero attached hydrogens (tertiary/aromatic N) is 2. The number of rotatable bonds is 37. The zero-order chi connectivity index (χ0) is 88.7. The molecule has 21 fully saturated rings. The Morgan fingerprint density at radius 1 is 0.390 bits per heavy atom. The van der Waals surface area contributed by atoms with Gasteiger partial charge >= 0.3 is 0 Å². The van der Waals surface area contributed by atoms with Gasteiger partial charge in [-0.2, -0.15) is 23.5 Å². The van der Waals surface area contributed by atoms with Gasteiger partial charge in [-0.1, -0.05) is 33.7 Å². The van der Waals surface area contributed by atoms with Crippen LogP contribution in [0.5, 0.6) is 0 Å². The fourth-order valence-electron chi connectivity index (χ4n) is 14.3. The highest BCUT2D eigenvalue weighted by molar-refractivity contribution is 8.77. The van der Waals surface area contributed by atoms with E-state index >= 15 is 0 Å². The first-order valence-electron chi connectivity index (χ1n) is 39.8. The van der Waals surface area contributed by atoms with Crippen LogP contribution >= 0.6 is 66.7 Å². The summed E-state index contributed by atoms with van der Waals surface area (Å²) in [4.78, 5) is 61.3. The van der Waals surface area contributed by atoms with Crippen molar-refractivity contribution in [1.82, 2.24) is 25.9 Å². The Morgan fingerprint density at radius 2 is 0.691 bits per heavy atom. The van der Waals surface area contributed by atoms with Gasteiger partial charge < -0.3 is 189 Å². The first kappa shape index (κ1) is 102. The third-order valence-electron chi connectivity index (χ3n) is 21.1. The quantitative estimate of drug-likeness (QED) is 0.0221. The molecule has 2 amide bonds. The van der Waals surface area contributed by atoms with Crippen molar-refractivity contribution in [2.45, 2.75) is 257 Å². The van der Waals surface area contributed by atoms with Crippen LogP contribution in [-0.4, -0.2) is 465 Å². The minimum Gasteiger partial charge on any atom is -0.394 e. The van der Waals surface area contributed by atoms with E-state index in [9.17, 15) is 116 Å². The summed E-state index contributed by atoms with van der Waals surface area (Å²) in [6.07, 6.45) is -69.3. The highest BCUT2D eigenvalue weighted by atomic mass is 33.1. The summed E-state index contributed by atoms with van der Waals surface area (Å²) >= 11 is 1.96. The molecule has 21 saturated heterocycles. The number of amides is 2. The van der Waals surface area contributed by atoms with E-state index in [4.69, 9.17) is 75.8 Å². The Morgan fingerprint density at radius 3 is 0.992 bits per heavy atom. The summed E-state index contributed by atoms with van der Waals surface area (Å²) in [5.74, 6) is -2.59. The van der Waals surface area contributed by atoms with Gasteiger partial charge in [0, 0.05) is 79.3 Å². The minimum atomic E-state index is -2.30. The minimum absolute atomic E-state index is 0.0233. The van der Waals surface area contributed by atoms with Crippen molar-refractivity contribution in [2.24, 2.45) is 5.92 Å². The second kappa shape index (κ2) is 50.8. The molecule has 0 saturated carbocycles. The van der Waals surface area contributed by atoms with Gasteiger partial charge in [-0.05, 0) is 59.8 Å². The Kier molecular flexibility index (Phi) is 42.2. The molecule has 23 heterocycles. The lowest BCUT2D eigenvalue weighted by atomic mass is 9.95. The highest BCUT2D eigenvalue weighted by Crippen LogP contribution is 2.41. The van der Waals surface area contributed by atoms with E-state index < -0.39 is 283 Å². The van der Waals surface area contributed by atoms with E-state index in [0.29, 0.717) is 16.5 Å². The number of ketones is 2. The second-order valence-electron chi connectivity index (χ2n) is 29.8. The van der Waals surface area contributed by atoms with Gasteiger partial charge in [-0.15, -0.1) is 0 Å². The summed E-state index contributed by atoms with van der Waals surface area (Å²) in [6, 6.07) is 9.91.